The number of aryl methyl sites for hydroxylation is 1. The molecule has 0 amide bonds. The molecule has 4 aromatic rings. The van der Waals surface area contributed by atoms with Crippen molar-refractivity contribution in [3.05, 3.63) is 87.7 Å². The maximum atomic E-state index is 13.5. The fraction of sp³-hybridized carbons (Fsp3) is 0.222. The van der Waals surface area contributed by atoms with Crippen molar-refractivity contribution in [3.8, 4) is 17.1 Å². The molecule has 168 valence electrons. The topological polar surface area (TPSA) is 56.5 Å². The Morgan fingerprint density at radius 3 is 2.48 bits per heavy atom. The first kappa shape index (κ1) is 22.8. The van der Waals surface area contributed by atoms with Gasteiger partial charge in [0.1, 0.15) is 5.75 Å². The van der Waals surface area contributed by atoms with Crippen LogP contribution in [-0.4, -0.2) is 29.2 Å². The number of nitrogens with zero attached hydrogens (tertiary/aromatic N) is 3. The molecule has 6 heteroatoms. The van der Waals surface area contributed by atoms with Crippen molar-refractivity contribution < 1.29 is 4.74 Å². The molecule has 0 spiro atoms. The Kier molecular flexibility index (Phi) is 6.65. The largest absolute Gasteiger partial charge is 0.496 e. The molecule has 0 atom stereocenters. The van der Waals surface area contributed by atoms with Gasteiger partial charge < -0.3 is 4.74 Å². The number of methoxy groups -OCH3 is 1. The highest BCUT2D eigenvalue weighted by Crippen LogP contribution is 2.34. The highest BCUT2D eigenvalue weighted by atomic mass is 32.2. The summed E-state index contributed by atoms with van der Waals surface area (Å²) in [7, 11) is 1.68. The third-order valence-electron chi connectivity index (χ3n) is 5.63. The van der Waals surface area contributed by atoms with Crippen molar-refractivity contribution in [1.29, 1.82) is 0 Å². The van der Waals surface area contributed by atoms with Crippen molar-refractivity contribution in [2.75, 3.05) is 13.4 Å². The monoisotopic (exact) mass is 457 g/mol. The van der Waals surface area contributed by atoms with Crippen LogP contribution >= 0.6 is 11.8 Å². The minimum atomic E-state index is -0.200. The predicted octanol–water partition coefficient (Wildman–Crippen LogP) is 6.11. The molecule has 0 aliphatic rings. The molecular formula is C27H27N3O2S. The number of fused-ring (bicyclic) bond motifs is 1. The highest BCUT2D eigenvalue weighted by Gasteiger charge is 2.18. The highest BCUT2D eigenvalue weighted by molar-refractivity contribution is 7.98. The van der Waals surface area contributed by atoms with E-state index in [9.17, 15) is 4.79 Å². The molecule has 0 radical (unpaired) electrons. The molecule has 5 nitrogen and oxygen atoms in total. The number of aromatic nitrogens is 2. The van der Waals surface area contributed by atoms with Gasteiger partial charge in [-0.15, -0.1) is 11.8 Å². The quantitative estimate of drug-likeness (QED) is 0.259. The minimum Gasteiger partial charge on any atom is -0.496 e. The van der Waals surface area contributed by atoms with Crippen LogP contribution in [0.15, 0.2) is 75.5 Å². The van der Waals surface area contributed by atoms with E-state index in [-0.39, 0.29) is 11.5 Å². The fourth-order valence-corrected chi connectivity index (χ4v) is 4.19. The van der Waals surface area contributed by atoms with E-state index in [2.05, 4.69) is 25.0 Å². The Morgan fingerprint density at radius 2 is 1.82 bits per heavy atom. The lowest BCUT2D eigenvalue weighted by atomic mass is 9.96. The van der Waals surface area contributed by atoms with Gasteiger partial charge in [-0.3, -0.25) is 4.79 Å². The van der Waals surface area contributed by atoms with Crippen molar-refractivity contribution in [2.24, 2.45) is 5.10 Å². The Bertz CT molecular complexity index is 1390. The summed E-state index contributed by atoms with van der Waals surface area (Å²) in [4.78, 5) is 19.5. The van der Waals surface area contributed by atoms with Crippen LogP contribution in [0.3, 0.4) is 0 Å². The SMILES string of the molecule is COc1cc(C)c(-c2nc3ccccc3c(=O)n2N=Cc2ccc(SC)cc2)cc1C(C)C. The molecule has 0 saturated carbocycles. The molecule has 33 heavy (non-hydrogen) atoms. The molecule has 0 unspecified atom stereocenters. The lowest BCUT2D eigenvalue weighted by molar-refractivity contribution is 0.407. The molecule has 0 N–H and O–H groups in total. The van der Waals surface area contributed by atoms with Crippen LogP contribution in [0, 0.1) is 6.92 Å². The summed E-state index contributed by atoms with van der Waals surface area (Å²) < 4.78 is 7.01. The van der Waals surface area contributed by atoms with Crippen LogP contribution in [0.1, 0.15) is 36.5 Å². The van der Waals surface area contributed by atoms with Gasteiger partial charge in [-0.2, -0.15) is 9.78 Å². The Hall–Kier alpha value is -3.38. The number of hydrogen-bond acceptors (Lipinski definition) is 5. The third-order valence-corrected chi connectivity index (χ3v) is 6.38. The summed E-state index contributed by atoms with van der Waals surface area (Å²) in [6.45, 7) is 6.24. The zero-order valence-corrected chi connectivity index (χ0v) is 20.3. The number of hydrogen-bond donors (Lipinski definition) is 0. The Morgan fingerprint density at radius 1 is 1.09 bits per heavy atom. The van der Waals surface area contributed by atoms with Gasteiger partial charge in [0.25, 0.3) is 5.56 Å². The van der Waals surface area contributed by atoms with Crippen LogP contribution in [0.25, 0.3) is 22.3 Å². The van der Waals surface area contributed by atoms with Crippen molar-refractivity contribution in [3.63, 3.8) is 0 Å². The van der Waals surface area contributed by atoms with E-state index < -0.39 is 0 Å². The minimum absolute atomic E-state index is 0.200. The maximum Gasteiger partial charge on any atom is 0.282 e. The molecule has 0 fully saturated rings. The summed E-state index contributed by atoms with van der Waals surface area (Å²) in [6.07, 6.45) is 3.74. The Labute approximate surface area is 198 Å². The second-order valence-corrected chi connectivity index (χ2v) is 9.03. The Balaban J connectivity index is 1.95. The van der Waals surface area contributed by atoms with E-state index in [0.29, 0.717) is 16.7 Å². The van der Waals surface area contributed by atoms with Crippen LogP contribution < -0.4 is 10.3 Å². The van der Waals surface area contributed by atoms with Crippen LogP contribution in [0.4, 0.5) is 0 Å². The first-order valence-electron chi connectivity index (χ1n) is 10.8. The zero-order valence-electron chi connectivity index (χ0n) is 19.5. The normalized spacial score (nSPS) is 11.6. The first-order valence-corrected chi connectivity index (χ1v) is 12.0. The molecule has 0 saturated heterocycles. The molecule has 3 aromatic carbocycles. The number of para-hydroxylation sites is 1. The van der Waals surface area contributed by atoms with E-state index >= 15 is 0 Å². The summed E-state index contributed by atoms with van der Waals surface area (Å²) >= 11 is 1.68. The number of ether oxygens (including phenoxy) is 1. The third kappa shape index (κ3) is 4.57. The molecule has 0 bridgehead atoms. The van der Waals surface area contributed by atoms with Gasteiger partial charge in [0, 0.05) is 10.5 Å². The summed E-state index contributed by atoms with van der Waals surface area (Å²) in [5.41, 5.74) is 4.24. The van der Waals surface area contributed by atoms with E-state index in [0.717, 1.165) is 28.0 Å². The molecule has 4 rings (SSSR count). The van der Waals surface area contributed by atoms with E-state index in [1.165, 1.54) is 9.57 Å². The summed E-state index contributed by atoms with van der Waals surface area (Å²) in [5.74, 6) is 1.59. The molecule has 1 aromatic heterocycles. The van der Waals surface area contributed by atoms with Crippen molar-refractivity contribution >= 4 is 28.9 Å². The van der Waals surface area contributed by atoms with Gasteiger partial charge in [0.2, 0.25) is 0 Å². The number of rotatable bonds is 6. The summed E-state index contributed by atoms with van der Waals surface area (Å²) in [5, 5.41) is 5.13. The molecule has 0 aliphatic heterocycles. The van der Waals surface area contributed by atoms with Crippen LogP contribution in [-0.2, 0) is 0 Å². The zero-order chi connectivity index (χ0) is 23.5. The van der Waals surface area contributed by atoms with Gasteiger partial charge in [0.15, 0.2) is 5.82 Å². The van der Waals surface area contributed by atoms with E-state index in [4.69, 9.17) is 9.72 Å². The lowest BCUT2D eigenvalue weighted by Crippen LogP contribution is -2.20. The summed E-state index contributed by atoms with van der Waals surface area (Å²) in [6, 6.07) is 19.5. The average Bonchev–Trinajstić information content (AvgIpc) is 2.83. The number of benzene rings is 3. The lowest BCUT2D eigenvalue weighted by Gasteiger charge is -2.17. The van der Waals surface area contributed by atoms with Crippen molar-refractivity contribution in [2.45, 2.75) is 31.6 Å². The molecule has 1 heterocycles. The van der Waals surface area contributed by atoms with Gasteiger partial charge >= 0.3 is 0 Å². The van der Waals surface area contributed by atoms with Gasteiger partial charge in [-0.1, -0.05) is 38.1 Å². The van der Waals surface area contributed by atoms with Gasteiger partial charge in [0.05, 0.1) is 24.2 Å². The van der Waals surface area contributed by atoms with Gasteiger partial charge in [-0.05, 0) is 72.2 Å². The van der Waals surface area contributed by atoms with E-state index in [1.807, 2.05) is 61.7 Å². The molecular weight excluding hydrogens is 430 g/mol. The first-order chi connectivity index (χ1) is 15.9. The van der Waals surface area contributed by atoms with Crippen LogP contribution in [0.2, 0.25) is 0 Å². The van der Waals surface area contributed by atoms with Crippen molar-refractivity contribution in [1.82, 2.24) is 9.66 Å². The molecule has 0 aliphatic carbocycles. The smallest absolute Gasteiger partial charge is 0.282 e. The van der Waals surface area contributed by atoms with E-state index in [1.54, 1.807) is 31.2 Å². The predicted molar refractivity (Wildman–Crippen MR) is 138 cm³/mol. The standard InChI is InChI=1S/C27H27N3O2S/c1-17(2)22-15-23(18(3)14-25(22)32-4)26-29-24-9-7-6-8-21(24)27(31)30(26)28-16-19-10-12-20(33-5)13-11-19/h6-17H,1-5H3. The van der Waals surface area contributed by atoms with Crippen LogP contribution in [0.5, 0.6) is 5.75 Å². The fourth-order valence-electron chi connectivity index (χ4n) is 3.79. The second kappa shape index (κ2) is 9.63. The van der Waals surface area contributed by atoms with Gasteiger partial charge in [-0.25, -0.2) is 4.98 Å². The second-order valence-electron chi connectivity index (χ2n) is 8.15. The number of thioether (sulfide) groups is 1. The maximum absolute atomic E-state index is 13.5. The average molecular weight is 458 g/mol.